The molecule has 0 unspecified atom stereocenters. The Bertz CT molecular complexity index is 984. The summed E-state index contributed by atoms with van der Waals surface area (Å²) in [6.07, 6.45) is 0. The molecular formula is C27H30N2O. The number of piperazine rings is 1. The zero-order chi connectivity index (χ0) is 21.1. The Morgan fingerprint density at radius 2 is 1.27 bits per heavy atom. The van der Waals surface area contributed by atoms with Gasteiger partial charge in [0.1, 0.15) is 0 Å². The summed E-state index contributed by atoms with van der Waals surface area (Å²) < 4.78 is 0. The van der Waals surface area contributed by atoms with Crippen molar-refractivity contribution in [3.8, 4) is 22.3 Å². The maximum absolute atomic E-state index is 13.7. The molecule has 154 valence electrons. The lowest BCUT2D eigenvalue weighted by Gasteiger charge is -2.32. The molecule has 1 fully saturated rings. The second kappa shape index (κ2) is 8.95. The van der Waals surface area contributed by atoms with Gasteiger partial charge in [0, 0.05) is 31.7 Å². The summed E-state index contributed by atoms with van der Waals surface area (Å²) in [5, 5.41) is 0. The van der Waals surface area contributed by atoms with Gasteiger partial charge in [-0.2, -0.15) is 0 Å². The fraction of sp³-hybridized carbons (Fsp3) is 0.296. The lowest BCUT2D eigenvalue weighted by molar-refractivity contribution is 0.0877. The van der Waals surface area contributed by atoms with Crippen molar-refractivity contribution in [3.05, 3.63) is 83.4 Å². The van der Waals surface area contributed by atoms with E-state index in [9.17, 15) is 4.79 Å². The Labute approximate surface area is 180 Å². The monoisotopic (exact) mass is 398 g/mol. The highest BCUT2D eigenvalue weighted by Gasteiger charge is 2.22. The smallest absolute Gasteiger partial charge is 0.178 e. The quantitative estimate of drug-likeness (QED) is 0.561. The van der Waals surface area contributed by atoms with Crippen molar-refractivity contribution in [2.24, 2.45) is 0 Å². The van der Waals surface area contributed by atoms with Crippen molar-refractivity contribution in [2.45, 2.75) is 13.8 Å². The maximum Gasteiger partial charge on any atom is 0.178 e. The van der Waals surface area contributed by atoms with Gasteiger partial charge >= 0.3 is 0 Å². The molecule has 3 aromatic carbocycles. The number of rotatable bonds is 5. The molecule has 0 bridgehead atoms. The molecule has 1 aliphatic rings. The van der Waals surface area contributed by atoms with Crippen molar-refractivity contribution in [1.29, 1.82) is 0 Å². The third-order valence-corrected chi connectivity index (χ3v) is 5.96. The highest BCUT2D eigenvalue weighted by atomic mass is 16.1. The zero-order valence-electron chi connectivity index (χ0n) is 18.2. The number of carbonyl (C=O) groups excluding carboxylic acids is 1. The van der Waals surface area contributed by atoms with Gasteiger partial charge in [0.15, 0.2) is 5.78 Å². The van der Waals surface area contributed by atoms with Gasteiger partial charge in [0.05, 0.1) is 6.54 Å². The molecule has 1 heterocycles. The number of hydrogen-bond acceptors (Lipinski definition) is 3. The molecule has 0 aliphatic carbocycles. The maximum atomic E-state index is 13.7. The van der Waals surface area contributed by atoms with Gasteiger partial charge in [-0.15, -0.1) is 0 Å². The number of likely N-dealkylation sites (N-methyl/N-ethyl adjacent to an activating group) is 1. The highest BCUT2D eigenvalue weighted by molar-refractivity contribution is 6.09. The summed E-state index contributed by atoms with van der Waals surface area (Å²) in [5.74, 6) is 0.202. The van der Waals surface area contributed by atoms with Crippen LogP contribution in [-0.2, 0) is 0 Å². The lowest BCUT2D eigenvalue weighted by atomic mass is 9.88. The molecule has 0 spiro atoms. The summed E-state index contributed by atoms with van der Waals surface area (Å²) in [4.78, 5) is 18.3. The topological polar surface area (TPSA) is 23.6 Å². The molecule has 1 aliphatic heterocycles. The van der Waals surface area contributed by atoms with Gasteiger partial charge < -0.3 is 4.90 Å². The van der Waals surface area contributed by atoms with E-state index in [0.717, 1.165) is 54.0 Å². The summed E-state index contributed by atoms with van der Waals surface area (Å²) in [6.45, 7) is 8.56. The minimum Gasteiger partial charge on any atom is -0.304 e. The molecule has 3 aromatic rings. The third kappa shape index (κ3) is 4.53. The predicted octanol–water partition coefficient (Wildman–Crippen LogP) is 5.07. The molecule has 0 amide bonds. The Hall–Kier alpha value is -2.75. The Morgan fingerprint density at radius 3 is 1.77 bits per heavy atom. The largest absolute Gasteiger partial charge is 0.304 e. The number of Topliss-reactive ketones (excluding diaryl/α,β-unsaturated/α-hetero) is 1. The van der Waals surface area contributed by atoms with Crippen LogP contribution in [0.2, 0.25) is 0 Å². The van der Waals surface area contributed by atoms with Gasteiger partial charge in [0.2, 0.25) is 0 Å². The first-order valence-corrected chi connectivity index (χ1v) is 10.7. The first kappa shape index (κ1) is 20.5. The Balaban J connectivity index is 1.79. The van der Waals surface area contributed by atoms with E-state index in [1.807, 2.05) is 0 Å². The molecule has 4 rings (SSSR count). The summed E-state index contributed by atoms with van der Waals surface area (Å²) in [6, 6.07) is 23.1. The average Bonchev–Trinajstić information content (AvgIpc) is 2.75. The van der Waals surface area contributed by atoms with Crippen LogP contribution in [0.5, 0.6) is 0 Å². The summed E-state index contributed by atoms with van der Waals surface area (Å²) in [5.41, 5.74) is 7.50. The standard InChI is InChI=1S/C27H30N2O/c1-20-7-4-9-22(17-20)24-11-6-12-25(23-10-5-8-21(2)18-23)27(24)26(30)19-29-15-13-28(3)14-16-29/h4-12,17-18H,13-16,19H2,1-3H3. The molecule has 0 atom stereocenters. The molecule has 0 saturated carbocycles. The van der Waals surface area contributed by atoms with Crippen molar-refractivity contribution in [3.63, 3.8) is 0 Å². The first-order valence-electron chi connectivity index (χ1n) is 10.7. The van der Waals surface area contributed by atoms with Crippen molar-refractivity contribution < 1.29 is 4.79 Å². The van der Waals surface area contributed by atoms with E-state index < -0.39 is 0 Å². The lowest BCUT2D eigenvalue weighted by Crippen LogP contribution is -2.46. The molecule has 3 heteroatoms. The molecule has 0 N–H and O–H groups in total. The van der Waals surface area contributed by atoms with Crippen LogP contribution in [0.25, 0.3) is 22.3 Å². The predicted molar refractivity (Wildman–Crippen MR) is 125 cm³/mol. The molecule has 1 saturated heterocycles. The summed E-state index contributed by atoms with van der Waals surface area (Å²) >= 11 is 0. The Morgan fingerprint density at radius 1 is 0.767 bits per heavy atom. The van der Waals surface area contributed by atoms with Crippen LogP contribution in [0.4, 0.5) is 0 Å². The average molecular weight is 399 g/mol. The van der Waals surface area contributed by atoms with Gasteiger partial charge in [-0.1, -0.05) is 77.9 Å². The van der Waals surface area contributed by atoms with E-state index in [1.54, 1.807) is 0 Å². The van der Waals surface area contributed by atoms with Gasteiger partial charge in [-0.05, 0) is 43.1 Å². The van der Waals surface area contributed by atoms with Gasteiger partial charge in [-0.25, -0.2) is 0 Å². The van der Waals surface area contributed by atoms with E-state index >= 15 is 0 Å². The minimum absolute atomic E-state index is 0.202. The second-order valence-corrected chi connectivity index (χ2v) is 8.47. The van der Waals surface area contributed by atoms with Crippen LogP contribution in [0.3, 0.4) is 0 Å². The van der Waals surface area contributed by atoms with Crippen molar-refractivity contribution in [2.75, 3.05) is 39.8 Å². The van der Waals surface area contributed by atoms with Crippen molar-refractivity contribution in [1.82, 2.24) is 9.80 Å². The minimum atomic E-state index is 0.202. The van der Waals surface area contributed by atoms with Crippen molar-refractivity contribution >= 4 is 5.78 Å². The number of carbonyl (C=O) groups is 1. The molecule has 0 radical (unpaired) electrons. The van der Waals surface area contributed by atoms with Crippen LogP contribution in [0, 0.1) is 13.8 Å². The summed E-state index contributed by atoms with van der Waals surface area (Å²) in [7, 11) is 2.14. The SMILES string of the molecule is Cc1cccc(-c2cccc(-c3cccc(C)c3)c2C(=O)CN2CCN(C)CC2)c1. The van der Waals surface area contributed by atoms with E-state index in [4.69, 9.17) is 0 Å². The fourth-order valence-electron chi connectivity index (χ4n) is 4.25. The van der Waals surface area contributed by atoms with Crippen LogP contribution in [0.15, 0.2) is 66.7 Å². The number of benzene rings is 3. The highest BCUT2D eigenvalue weighted by Crippen LogP contribution is 2.34. The number of ketones is 1. The third-order valence-electron chi connectivity index (χ3n) is 5.96. The zero-order valence-corrected chi connectivity index (χ0v) is 18.2. The van der Waals surface area contributed by atoms with E-state index in [-0.39, 0.29) is 5.78 Å². The van der Waals surface area contributed by atoms with E-state index in [0.29, 0.717) is 6.54 Å². The molecule has 3 nitrogen and oxygen atoms in total. The van der Waals surface area contributed by atoms with Crippen LogP contribution >= 0.6 is 0 Å². The van der Waals surface area contributed by atoms with E-state index in [1.165, 1.54) is 11.1 Å². The van der Waals surface area contributed by atoms with Crippen LogP contribution in [0.1, 0.15) is 21.5 Å². The van der Waals surface area contributed by atoms with Crippen LogP contribution < -0.4 is 0 Å². The van der Waals surface area contributed by atoms with E-state index in [2.05, 4.69) is 97.4 Å². The first-order chi connectivity index (χ1) is 14.5. The number of hydrogen-bond donors (Lipinski definition) is 0. The van der Waals surface area contributed by atoms with Gasteiger partial charge in [0.25, 0.3) is 0 Å². The Kier molecular flexibility index (Phi) is 6.12. The van der Waals surface area contributed by atoms with Gasteiger partial charge in [-0.3, -0.25) is 9.69 Å². The van der Waals surface area contributed by atoms with Crippen LogP contribution in [-0.4, -0.2) is 55.4 Å². The molecule has 0 aromatic heterocycles. The molecular weight excluding hydrogens is 368 g/mol. The number of aryl methyl sites for hydroxylation is 2. The fourth-order valence-corrected chi connectivity index (χ4v) is 4.25. The second-order valence-electron chi connectivity index (χ2n) is 8.47. The number of nitrogens with zero attached hydrogens (tertiary/aromatic N) is 2. The normalized spacial score (nSPS) is 15.3. The molecule has 30 heavy (non-hydrogen) atoms.